The first-order chi connectivity index (χ1) is 11.5. The number of thiazole rings is 1. The zero-order chi connectivity index (χ0) is 17.1. The van der Waals surface area contributed by atoms with Crippen LogP contribution in [0.2, 0.25) is 0 Å². The number of nitrogens with zero attached hydrogens (tertiary/aromatic N) is 1. The number of aromatic nitrogens is 1. The van der Waals surface area contributed by atoms with Crippen molar-refractivity contribution in [1.82, 2.24) is 4.98 Å². The quantitative estimate of drug-likeness (QED) is 0.462. The molecule has 0 N–H and O–H groups in total. The summed E-state index contributed by atoms with van der Waals surface area (Å²) < 4.78 is 6.49. The van der Waals surface area contributed by atoms with Crippen LogP contribution in [0.3, 0.4) is 0 Å². The lowest BCUT2D eigenvalue weighted by Gasteiger charge is -2.10. The van der Waals surface area contributed by atoms with E-state index >= 15 is 0 Å². The van der Waals surface area contributed by atoms with Gasteiger partial charge in [-0.25, -0.2) is 4.98 Å². The third-order valence-electron chi connectivity index (χ3n) is 3.54. The Labute approximate surface area is 148 Å². The summed E-state index contributed by atoms with van der Waals surface area (Å²) in [5.74, 6) is -0.388. The van der Waals surface area contributed by atoms with E-state index in [-0.39, 0.29) is 24.6 Å². The van der Waals surface area contributed by atoms with Gasteiger partial charge in [0.05, 0.1) is 21.5 Å². The SMILES string of the molecule is Cc1ccc(C(=O)CCC(=O)OC(C)c2nc3ccccc3s2)s1. The molecule has 1 aromatic carbocycles. The van der Waals surface area contributed by atoms with Crippen LogP contribution in [0.4, 0.5) is 0 Å². The fraction of sp³-hybridized carbons (Fsp3) is 0.278. The minimum atomic E-state index is -0.408. The number of aryl methyl sites for hydroxylation is 1. The summed E-state index contributed by atoms with van der Waals surface area (Å²) in [6.45, 7) is 3.76. The number of Topliss-reactive ketones (excluding diaryl/α,β-unsaturated/α-hetero) is 1. The van der Waals surface area contributed by atoms with Crippen molar-refractivity contribution in [2.75, 3.05) is 0 Å². The van der Waals surface area contributed by atoms with Gasteiger partial charge in [-0.05, 0) is 38.1 Å². The van der Waals surface area contributed by atoms with Crippen molar-refractivity contribution in [3.63, 3.8) is 0 Å². The summed E-state index contributed by atoms with van der Waals surface area (Å²) in [5, 5.41) is 0.768. The second-order valence-corrected chi connectivity index (χ2v) is 7.84. The molecule has 3 aromatic rings. The van der Waals surface area contributed by atoms with Gasteiger partial charge in [0.25, 0.3) is 0 Å². The predicted molar refractivity (Wildman–Crippen MR) is 96.7 cm³/mol. The fourth-order valence-corrected chi connectivity index (χ4v) is 4.08. The number of para-hydroxylation sites is 1. The number of benzene rings is 1. The molecule has 124 valence electrons. The van der Waals surface area contributed by atoms with Crippen molar-refractivity contribution in [3.8, 4) is 0 Å². The summed E-state index contributed by atoms with van der Waals surface area (Å²) in [6.07, 6.45) is -0.148. The number of ketones is 1. The molecule has 6 heteroatoms. The van der Waals surface area contributed by atoms with Crippen LogP contribution >= 0.6 is 22.7 Å². The lowest BCUT2D eigenvalue weighted by atomic mass is 10.2. The van der Waals surface area contributed by atoms with Crippen molar-refractivity contribution in [1.29, 1.82) is 0 Å². The van der Waals surface area contributed by atoms with Crippen LogP contribution in [0, 0.1) is 6.92 Å². The molecule has 24 heavy (non-hydrogen) atoms. The Morgan fingerprint density at radius 1 is 1.12 bits per heavy atom. The molecule has 0 spiro atoms. The maximum Gasteiger partial charge on any atom is 0.306 e. The Hall–Kier alpha value is -2.05. The lowest BCUT2D eigenvalue weighted by Crippen LogP contribution is -2.10. The standard InChI is InChI=1S/C18H17NO3S2/c1-11-7-9-16(23-11)14(20)8-10-17(21)22-12(2)18-19-13-5-3-4-6-15(13)24-18/h3-7,9,12H,8,10H2,1-2H3. The van der Waals surface area contributed by atoms with Crippen LogP contribution in [-0.2, 0) is 9.53 Å². The molecule has 4 nitrogen and oxygen atoms in total. The monoisotopic (exact) mass is 359 g/mol. The van der Waals surface area contributed by atoms with Gasteiger partial charge in [-0.1, -0.05) is 12.1 Å². The molecule has 0 aliphatic carbocycles. The highest BCUT2D eigenvalue weighted by Gasteiger charge is 2.17. The van der Waals surface area contributed by atoms with Crippen LogP contribution in [-0.4, -0.2) is 16.7 Å². The smallest absolute Gasteiger partial charge is 0.306 e. The van der Waals surface area contributed by atoms with Gasteiger partial charge in [-0.15, -0.1) is 22.7 Å². The van der Waals surface area contributed by atoms with Crippen molar-refractivity contribution in [2.24, 2.45) is 0 Å². The number of ether oxygens (including phenoxy) is 1. The van der Waals surface area contributed by atoms with Gasteiger partial charge in [0.15, 0.2) is 11.9 Å². The molecule has 0 aliphatic rings. The van der Waals surface area contributed by atoms with Gasteiger partial charge >= 0.3 is 5.97 Å². The summed E-state index contributed by atoms with van der Waals surface area (Å²) in [6, 6.07) is 11.5. The molecule has 1 unspecified atom stereocenters. The largest absolute Gasteiger partial charge is 0.455 e. The minimum Gasteiger partial charge on any atom is -0.455 e. The van der Waals surface area contributed by atoms with E-state index in [1.807, 2.05) is 37.3 Å². The number of hydrogen-bond donors (Lipinski definition) is 0. The van der Waals surface area contributed by atoms with Crippen LogP contribution in [0.5, 0.6) is 0 Å². The number of hydrogen-bond acceptors (Lipinski definition) is 6. The van der Waals surface area contributed by atoms with Gasteiger partial charge in [-0.3, -0.25) is 9.59 Å². The van der Waals surface area contributed by atoms with Gasteiger partial charge in [-0.2, -0.15) is 0 Å². The van der Waals surface area contributed by atoms with Crippen LogP contribution in [0.1, 0.15) is 45.4 Å². The Morgan fingerprint density at radius 3 is 2.62 bits per heavy atom. The van der Waals surface area contributed by atoms with Crippen LogP contribution < -0.4 is 0 Å². The summed E-state index contributed by atoms with van der Waals surface area (Å²) in [4.78, 5) is 30.3. The first-order valence-corrected chi connectivity index (χ1v) is 9.31. The Kier molecular flexibility index (Phi) is 5.06. The van der Waals surface area contributed by atoms with Gasteiger partial charge in [0.2, 0.25) is 0 Å². The summed E-state index contributed by atoms with van der Waals surface area (Å²) >= 11 is 2.97. The number of carbonyl (C=O) groups excluding carboxylic acids is 2. The van der Waals surface area contributed by atoms with E-state index in [9.17, 15) is 9.59 Å². The molecule has 0 amide bonds. The van der Waals surface area contributed by atoms with E-state index in [2.05, 4.69) is 4.98 Å². The van der Waals surface area contributed by atoms with E-state index in [0.717, 1.165) is 20.1 Å². The van der Waals surface area contributed by atoms with E-state index in [0.29, 0.717) is 4.88 Å². The molecular weight excluding hydrogens is 342 g/mol. The molecule has 0 saturated heterocycles. The Bertz CT molecular complexity index is 848. The number of thiophene rings is 1. The second-order valence-electron chi connectivity index (χ2n) is 5.49. The first-order valence-electron chi connectivity index (χ1n) is 7.67. The highest BCUT2D eigenvalue weighted by atomic mass is 32.1. The van der Waals surface area contributed by atoms with Crippen molar-refractivity contribution < 1.29 is 14.3 Å². The lowest BCUT2D eigenvalue weighted by molar-refractivity contribution is -0.148. The molecule has 0 radical (unpaired) electrons. The molecular formula is C18H17NO3S2. The molecule has 0 saturated carbocycles. The minimum absolute atomic E-state index is 0.0160. The van der Waals surface area contributed by atoms with Crippen molar-refractivity contribution in [2.45, 2.75) is 32.8 Å². The maximum atomic E-state index is 12.0. The van der Waals surface area contributed by atoms with Gasteiger partial charge < -0.3 is 4.74 Å². The Morgan fingerprint density at radius 2 is 1.92 bits per heavy atom. The number of fused-ring (bicyclic) bond motifs is 1. The third kappa shape index (κ3) is 3.88. The first kappa shape index (κ1) is 16.8. The van der Waals surface area contributed by atoms with Crippen LogP contribution in [0.15, 0.2) is 36.4 Å². The van der Waals surface area contributed by atoms with E-state index in [1.165, 1.54) is 22.7 Å². The highest BCUT2D eigenvalue weighted by Crippen LogP contribution is 2.28. The third-order valence-corrected chi connectivity index (χ3v) is 5.78. The summed E-state index contributed by atoms with van der Waals surface area (Å²) in [7, 11) is 0. The van der Waals surface area contributed by atoms with E-state index in [1.54, 1.807) is 13.0 Å². The molecule has 3 rings (SSSR count). The number of carbonyl (C=O) groups is 2. The predicted octanol–water partition coefficient (Wildman–Crippen LogP) is 4.93. The van der Waals surface area contributed by atoms with Gasteiger partial charge in [0, 0.05) is 11.3 Å². The average Bonchev–Trinajstić information content (AvgIpc) is 3.18. The molecule has 0 fully saturated rings. The summed E-state index contributed by atoms with van der Waals surface area (Å²) in [5.41, 5.74) is 0.906. The Balaban J connectivity index is 1.55. The average molecular weight is 359 g/mol. The zero-order valence-corrected chi connectivity index (χ0v) is 15.1. The second kappa shape index (κ2) is 7.23. The molecule has 2 heterocycles. The van der Waals surface area contributed by atoms with E-state index < -0.39 is 6.10 Å². The maximum absolute atomic E-state index is 12.0. The normalized spacial score (nSPS) is 12.2. The number of rotatable bonds is 6. The topological polar surface area (TPSA) is 56.3 Å². The number of esters is 1. The molecule has 1 atom stereocenters. The van der Waals surface area contributed by atoms with Gasteiger partial charge in [0.1, 0.15) is 5.01 Å². The molecule has 2 aromatic heterocycles. The van der Waals surface area contributed by atoms with Crippen molar-refractivity contribution in [3.05, 3.63) is 51.2 Å². The molecule has 0 bridgehead atoms. The fourth-order valence-electron chi connectivity index (χ4n) is 2.29. The zero-order valence-electron chi connectivity index (χ0n) is 13.4. The van der Waals surface area contributed by atoms with E-state index in [4.69, 9.17) is 4.74 Å². The molecule has 0 aliphatic heterocycles. The highest BCUT2D eigenvalue weighted by molar-refractivity contribution is 7.18. The van der Waals surface area contributed by atoms with Crippen molar-refractivity contribution >= 4 is 44.6 Å². The van der Waals surface area contributed by atoms with Crippen LogP contribution in [0.25, 0.3) is 10.2 Å².